The SMILES string of the molecule is Cc1ccc(C([N-][Si](C)(C)C)[N-][Si](C)(C)C)cc1.Cc1ccc(C([N-][Si](C)(C)C)[N-][Si](C)(C)C)cc1.[CH2]=[Ta].[CH3-]. The molecule has 223 valence electrons. The van der Waals surface area contributed by atoms with Crippen molar-refractivity contribution in [2.24, 2.45) is 0 Å². The van der Waals surface area contributed by atoms with Gasteiger partial charge in [-0.05, 0) is 13.8 Å². The smallest absolute Gasteiger partial charge is 0.358 e. The van der Waals surface area contributed by atoms with Crippen LogP contribution in [-0.4, -0.2) is 37.7 Å². The third-order valence-corrected chi connectivity index (χ3v) is 8.87. The third kappa shape index (κ3) is 21.2. The maximum absolute atomic E-state index is 5.00. The predicted octanol–water partition coefficient (Wildman–Crippen LogP) is 11.2. The van der Waals surface area contributed by atoms with Gasteiger partial charge >= 0.3 is 25.3 Å². The van der Waals surface area contributed by atoms with Crippen molar-refractivity contribution in [2.45, 2.75) is 105 Å². The van der Waals surface area contributed by atoms with E-state index < -0.39 is 32.9 Å². The molecule has 0 unspecified atom stereocenters. The molecule has 4 nitrogen and oxygen atoms in total. The minimum atomic E-state index is -1.46. The van der Waals surface area contributed by atoms with Crippen molar-refractivity contribution in [3.63, 3.8) is 0 Å². The van der Waals surface area contributed by atoms with Gasteiger partial charge in [0, 0.05) is 0 Å². The van der Waals surface area contributed by atoms with Crippen LogP contribution in [0.25, 0.3) is 19.9 Å². The Morgan fingerprint density at radius 2 is 0.641 bits per heavy atom. The summed E-state index contributed by atoms with van der Waals surface area (Å²) in [5.41, 5.74) is 5.06. The molecule has 9 heteroatoms. The fourth-order valence-corrected chi connectivity index (χ4v) is 7.29. The van der Waals surface area contributed by atoms with Crippen molar-refractivity contribution < 1.29 is 20.6 Å². The Bertz CT molecular complexity index is 817. The Morgan fingerprint density at radius 1 is 0.462 bits per heavy atom. The molecule has 0 amide bonds. The number of hydrogen-bond donors (Lipinski definition) is 0. The first kappa shape index (κ1) is 40.9. The maximum atomic E-state index is 5.00. The second-order valence-corrected chi connectivity index (χ2v) is 32.2. The first-order valence-electron chi connectivity index (χ1n) is 13.5. The molecule has 0 aliphatic heterocycles. The quantitative estimate of drug-likeness (QED) is 0.171. The Balaban J connectivity index is 0. The summed E-state index contributed by atoms with van der Waals surface area (Å²) >= 11 is 1.19. The van der Waals surface area contributed by atoms with E-state index in [9.17, 15) is 0 Å². The predicted molar refractivity (Wildman–Crippen MR) is 188 cm³/mol. The minimum absolute atomic E-state index is 0. The summed E-state index contributed by atoms with van der Waals surface area (Å²) in [6.45, 7) is 31.5. The Morgan fingerprint density at radius 3 is 0.795 bits per heavy atom. The average molecular weight is 767 g/mol. The van der Waals surface area contributed by atoms with Crippen LogP contribution in [0, 0.1) is 21.3 Å². The molecule has 0 fully saturated rings. The van der Waals surface area contributed by atoms with Crippen LogP contribution >= 0.6 is 0 Å². The summed E-state index contributed by atoms with van der Waals surface area (Å²) in [7, 11) is -5.85. The molecule has 2 rings (SSSR count). The standard InChI is InChI=1S/2C14H26N2Si2.CH3.CH2.Ta/c2*1-12-8-10-13(11-9-12)14(15-17(2,3)4)16-18(5,6)7;;;/h2*8-11,14H,1-7H3;1H3;1H2;/q2*-2;-1;;. The Hall–Kier alpha value is -0.242. The number of rotatable bonds is 10. The third-order valence-electron chi connectivity index (χ3n) is 4.79. The van der Waals surface area contributed by atoms with Gasteiger partial charge in [-0.15, -0.1) is 0 Å². The van der Waals surface area contributed by atoms with Crippen LogP contribution in [0.5, 0.6) is 0 Å². The molecule has 0 aromatic heterocycles. The van der Waals surface area contributed by atoms with Crippen LogP contribution in [0.2, 0.25) is 78.6 Å². The maximum Gasteiger partial charge on any atom is -0.358 e. The second kappa shape index (κ2) is 17.7. The van der Waals surface area contributed by atoms with Gasteiger partial charge in [0.05, 0.1) is 0 Å². The van der Waals surface area contributed by atoms with Crippen LogP contribution < -0.4 is 0 Å². The van der Waals surface area contributed by atoms with Crippen LogP contribution in [0.1, 0.15) is 34.6 Å². The van der Waals surface area contributed by atoms with Gasteiger partial charge in [0.25, 0.3) is 0 Å². The summed E-state index contributed by atoms with van der Waals surface area (Å²) < 4.78 is 3.36. The monoisotopic (exact) mass is 766 g/mol. The van der Waals surface area contributed by atoms with E-state index >= 15 is 0 Å². The summed E-state index contributed by atoms with van der Waals surface area (Å²) in [6, 6.07) is 17.3. The molecular formula is C30H57N4Si4Ta-5. The molecule has 0 atom stereocenters. The van der Waals surface area contributed by atoms with Crippen molar-refractivity contribution in [1.82, 2.24) is 0 Å². The zero-order chi connectivity index (χ0) is 29.9. The molecule has 0 N–H and O–H groups in total. The van der Waals surface area contributed by atoms with Crippen LogP contribution in [0.15, 0.2) is 48.5 Å². The van der Waals surface area contributed by atoms with Gasteiger partial charge in [0.1, 0.15) is 0 Å². The summed E-state index contributed by atoms with van der Waals surface area (Å²) in [5, 5.41) is 0. The molecule has 0 spiro atoms. The first-order valence-corrected chi connectivity index (χ1v) is 29.5. The molecule has 0 heterocycles. The molecule has 0 radical (unpaired) electrons. The Labute approximate surface area is 259 Å². The van der Waals surface area contributed by atoms with E-state index in [-0.39, 0.29) is 19.8 Å². The van der Waals surface area contributed by atoms with Crippen molar-refractivity contribution in [1.29, 1.82) is 0 Å². The molecule has 0 saturated heterocycles. The number of hydrogen-bond acceptors (Lipinski definition) is 0. The van der Waals surface area contributed by atoms with Crippen LogP contribution in [-0.2, 0) is 20.6 Å². The molecule has 39 heavy (non-hydrogen) atoms. The van der Waals surface area contributed by atoms with Gasteiger partial charge in [0.2, 0.25) is 0 Å². The molecule has 0 saturated carbocycles. The van der Waals surface area contributed by atoms with E-state index in [0.29, 0.717) is 0 Å². The van der Waals surface area contributed by atoms with E-state index in [1.807, 2.05) is 0 Å². The molecule has 0 aliphatic rings. The van der Waals surface area contributed by atoms with Crippen LogP contribution in [0.4, 0.5) is 0 Å². The fourth-order valence-electron chi connectivity index (χ4n) is 3.30. The summed E-state index contributed by atoms with van der Waals surface area (Å²) in [4.78, 5) is 20.0. The normalized spacial score (nSPS) is 12.2. The van der Waals surface area contributed by atoms with Gasteiger partial charge < -0.3 is 27.4 Å². The van der Waals surface area contributed by atoms with Crippen molar-refractivity contribution >= 4 is 37.7 Å². The molecular weight excluding hydrogens is 710 g/mol. The summed E-state index contributed by atoms with van der Waals surface area (Å²) in [5.74, 6) is 0. The van der Waals surface area contributed by atoms with Gasteiger partial charge in [-0.2, -0.15) is 0 Å². The second-order valence-electron chi connectivity index (χ2n) is 13.8. The van der Waals surface area contributed by atoms with E-state index in [1.54, 1.807) is 0 Å². The number of nitrogens with zero attached hydrogens (tertiary/aromatic N) is 4. The van der Waals surface area contributed by atoms with Gasteiger partial charge in [-0.1, -0.05) is 182 Å². The zero-order valence-electron chi connectivity index (χ0n) is 27.7. The van der Waals surface area contributed by atoms with Gasteiger partial charge in [-0.25, -0.2) is 12.3 Å². The fraction of sp³-hybridized carbons (Fsp3) is 0.533. The average Bonchev–Trinajstić information content (AvgIpc) is 2.72. The minimum Gasteiger partial charge on any atom is -0.358 e. The summed E-state index contributed by atoms with van der Waals surface area (Å²) in [6.07, 6.45) is 0.0906. The van der Waals surface area contributed by atoms with Crippen molar-refractivity contribution in [3.05, 3.63) is 98.1 Å². The van der Waals surface area contributed by atoms with E-state index in [0.717, 1.165) is 0 Å². The van der Waals surface area contributed by atoms with E-state index in [2.05, 4.69) is 146 Å². The molecule has 0 aliphatic carbocycles. The molecule has 2 aromatic rings. The largest absolute Gasteiger partial charge is 0.358 e. The van der Waals surface area contributed by atoms with Gasteiger partial charge in [0.15, 0.2) is 0 Å². The molecule has 0 bridgehead atoms. The van der Waals surface area contributed by atoms with Crippen LogP contribution in [0.3, 0.4) is 0 Å². The van der Waals surface area contributed by atoms with E-state index in [1.165, 1.54) is 42.9 Å². The number of benzene rings is 2. The zero-order valence-corrected chi connectivity index (χ0v) is 34.9. The van der Waals surface area contributed by atoms with Gasteiger partial charge in [-0.3, -0.25) is 0 Å². The Kier molecular flexibility index (Phi) is 18.5. The number of aryl methyl sites for hydroxylation is 2. The van der Waals surface area contributed by atoms with E-state index in [4.69, 9.17) is 19.9 Å². The first-order chi connectivity index (χ1) is 17.1. The molecule has 2 aromatic carbocycles. The van der Waals surface area contributed by atoms with Crippen molar-refractivity contribution in [3.8, 4) is 0 Å². The van der Waals surface area contributed by atoms with Crippen molar-refractivity contribution in [2.75, 3.05) is 0 Å². The topological polar surface area (TPSA) is 56.4 Å².